The Morgan fingerprint density at radius 1 is 1.58 bits per heavy atom. The maximum atomic E-state index is 11.0. The number of carbonyl (C=O) groups excluding carboxylic acids is 1. The molecule has 0 aromatic rings. The SMILES string of the molecule is C[C@H](N)C(=O)OC1CCNCC1. The van der Waals surface area contributed by atoms with Gasteiger partial charge in [-0.15, -0.1) is 0 Å². The summed E-state index contributed by atoms with van der Waals surface area (Å²) in [6, 6.07) is -0.500. The number of rotatable bonds is 2. The number of hydrogen-bond acceptors (Lipinski definition) is 4. The Bertz CT molecular complexity index is 153. The van der Waals surface area contributed by atoms with Crippen molar-refractivity contribution in [1.82, 2.24) is 5.32 Å². The van der Waals surface area contributed by atoms with Crippen molar-refractivity contribution in [3.8, 4) is 0 Å². The summed E-state index contributed by atoms with van der Waals surface area (Å²) < 4.78 is 5.15. The quantitative estimate of drug-likeness (QED) is 0.558. The van der Waals surface area contributed by atoms with Gasteiger partial charge in [-0.25, -0.2) is 0 Å². The minimum Gasteiger partial charge on any atom is -0.461 e. The Balaban J connectivity index is 2.24. The van der Waals surface area contributed by atoms with Gasteiger partial charge in [0.25, 0.3) is 0 Å². The van der Waals surface area contributed by atoms with Crippen molar-refractivity contribution in [2.45, 2.75) is 31.9 Å². The van der Waals surface area contributed by atoms with Gasteiger partial charge in [0, 0.05) is 0 Å². The van der Waals surface area contributed by atoms with Gasteiger partial charge in [0.1, 0.15) is 12.1 Å². The number of ether oxygens (including phenoxy) is 1. The van der Waals surface area contributed by atoms with E-state index < -0.39 is 6.04 Å². The van der Waals surface area contributed by atoms with Gasteiger partial charge in [0.05, 0.1) is 0 Å². The predicted molar refractivity (Wildman–Crippen MR) is 45.6 cm³/mol. The van der Waals surface area contributed by atoms with E-state index in [4.69, 9.17) is 10.5 Å². The van der Waals surface area contributed by atoms with Crippen molar-refractivity contribution in [1.29, 1.82) is 0 Å². The Morgan fingerprint density at radius 3 is 2.67 bits per heavy atom. The van der Waals surface area contributed by atoms with Gasteiger partial charge < -0.3 is 15.8 Å². The highest BCUT2D eigenvalue weighted by molar-refractivity contribution is 5.75. The summed E-state index contributed by atoms with van der Waals surface area (Å²) in [6.07, 6.45) is 1.88. The fraction of sp³-hybridized carbons (Fsp3) is 0.875. The number of piperidine rings is 1. The number of nitrogens with two attached hydrogens (primary N) is 1. The van der Waals surface area contributed by atoms with Crippen LogP contribution in [-0.2, 0) is 9.53 Å². The maximum Gasteiger partial charge on any atom is 0.322 e. The van der Waals surface area contributed by atoms with E-state index >= 15 is 0 Å². The molecule has 0 aromatic carbocycles. The van der Waals surface area contributed by atoms with E-state index in [2.05, 4.69) is 5.32 Å². The van der Waals surface area contributed by atoms with Crippen LogP contribution in [0.5, 0.6) is 0 Å². The Kier molecular flexibility index (Phi) is 3.49. The minimum atomic E-state index is -0.500. The molecule has 0 unspecified atom stereocenters. The van der Waals surface area contributed by atoms with Crippen LogP contribution in [0.25, 0.3) is 0 Å². The van der Waals surface area contributed by atoms with Gasteiger partial charge >= 0.3 is 5.97 Å². The lowest BCUT2D eigenvalue weighted by atomic mass is 10.1. The van der Waals surface area contributed by atoms with E-state index in [-0.39, 0.29) is 12.1 Å². The van der Waals surface area contributed by atoms with Crippen LogP contribution in [0.2, 0.25) is 0 Å². The van der Waals surface area contributed by atoms with Crippen LogP contribution in [0.3, 0.4) is 0 Å². The Morgan fingerprint density at radius 2 is 2.17 bits per heavy atom. The summed E-state index contributed by atoms with van der Waals surface area (Å²) >= 11 is 0. The normalized spacial score (nSPS) is 21.8. The molecular weight excluding hydrogens is 156 g/mol. The second-order valence-electron chi connectivity index (χ2n) is 3.17. The largest absolute Gasteiger partial charge is 0.461 e. The van der Waals surface area contributed by atoms with Crippen LogP contribution in [0.1, 0.15) is 19.8 Å². The molecule has 4 nitrogen and oxygen atoms in total. The zero-order valence-electron chi connectivity index (χ0n) is 7.38. The highest BCUT2D eigenvalue weighted by Crippen LogP contribution is 2.07. The van der Waals surface area contributed by atoms with Crippen LogP contribution in [0.4, 0.5) is 0 Å². The molecule has 0 aromatic heterocycles. The topological polar surface area (TPSA) is 64.4 Å². The first-order valence-corrected chi connectivity index (χ1v) is 4.37. The molecule has 1 fully saturated rings. The third-order valence-electron chi connectivity index (χ3n) is 1.94. The number of hydrogen-bond donors (Lipinski definition) is 2. The fourth-order valence-corrected chi connectivity index (χ4v) is 1.18. The van der Waals surface area contributed by atoms with Crippen molar-refractivity contribution in [2.24, 2.45) is 5.73 Å². The van der Waals surface area contributed by atoms with Crippen LogP contribution in [-0.4, -0.2) is 31.2 Å². The van der Waals surface area contributed by atoms with E-state index in [1.54, 1.807) is 6.92 Å². The lowest BCUT2D eigenvalue weighted by Crippen LogP contribution is -2.37. The fourth-order valence-electron chi connectivity index (χ4n) is 1.18. The molecule has 1 heterocycles. The van der Waals surface area contributed by atoms with Crippen molar-refractivity contribution >= 4 is 5.97 Å². The molecule has 0 bridgehead atoms. The molecule has 4 heteroatoms. The second kappa shape index (κ2) is 4.42. The van der Waals surface area contributed by atoms with E-state index in [0.29, 0.717) is 0 Å². The molecule has 1 atom stereocenters. The van der Waals surface area contributed by atoms with Gasteiger partial charge in [0.15, 0.2) is 0 Å². The lowest BCUT2D eigenvalue weighted by molar-refractivity contribution is -0.151. The van der Waals surface area contributed by atoms with E-state index in [1.807, 2.05) is 0 Å². The van der Waals surface area contributed by atoms with E-state index in [0.717, 1.165) is 25.9 Å². The molecule has 0 aliphatic carbocycles. The molecule has 0 amide bonds. The molecule has 1 aliphatic heterocycles. The third-order valence-corrected chi connectivity index (χ3v) is 1.94. The zero-order valence-corrected chi connectivity index (χ0v) is 7.38. The van der Waals surface area contributed by atoms with E-state index in [1.165, 1.54) is 0 Å². The summed E-state index contributed by atoms with van der Waals surface area (Å²) in [5, 5.41) is 3.19. The number of carbonyl (C=O) groups is 1. The number of esters is 1. The summed E-state index contributed by atoms with van der Waals surface area (Å²) in [5.74, 6) is -0.290. The maximum absolute atomic E-state index is 11.0. The van der Waals surface area contributed by atoms with Gasteiger partial charge in [0.2, 0.25) is 0 Å². The first-order chi connectivity index (χ1) is 5.70. The average molecular weight is 172 g/mol. The van der Waals surface area contributed by atoms with Crippen LogP contribution in [0.15, 0.2) is 0 Å². The summed E-state index contributed by atoms with van der Waals surface area (Å²) in [6.45, 7) is 3.50. The molecule has 1 saturated heterocycles. The first-order valence-electron chi connectivity index (χ1n) is 4.37. The van der Waals surface area contributed by atoms with Gasteiger partial charge in [-0.2, -0.15) is 0 Å². The van der Waals surface area contributed by atoms with Gasteiger partial charge in [-0.3, -0.25) is 4.79 Å². The molecule has 1 aliphatic rings. The summed E-state index contributed by atoms with van der Waals surface area (Å²) in [5.41, 5.74) is 5.36. The minimum absolute atomic E-state index is 0.0738. The second-order valence-corrected chi connectivity index (χ2v) is 3.17. The molecule has 0 saturated carbocycles. The van der Waals surface area contributed by atoms with E-state index in [9.17, 15) is 4.79 Å². The van der Waals surface area contributed by atoms with Crippen molar-refractivity contribution < 1.29 is 9.53 Å². The van der Waals surface area contributed by atoms with Crippen molar-refractivity contribution in [3.63, 3.8) is 0 Å². The highest BCUT2D eigenvalue weighted by atomic mass is 16.5. The monoisotopic (exact) mass is 172 g/mol. The van der Waals surface area contributed by atoms with Crippen LogP contribution in [0, 0.1) is 0 Å². The van der Waals surface area contributed by atoms with Crippen molar-refractivity contribution in [2.75, 3.05) is 13.1 Å². The number of nitrogens with one attached hydrogen (secondary N) is 1. The Labute approximate surface area is 72.5 Å². The standard InChI is InChI=1S/C8H16N2O2/c1-6(9)8(11)12-7-2-4-10-5-3-7/h6-7,10H,2-5,9H2,1H3/t6-/m0/s1. The van der Waals surface area contributed by atoms with Crippen LogP contribution >= 0.6 is 0 Å². The van der Waals surface area contributed by atoms with Gasteiger partial charge in [-0.1, -0.05) is 0 Å². The smallest absolute Gasteiger partial charge is 0.322 e. The lowest BCUT2D eigenvalue weighted by Gasteiger charge is -2.23. The van der Waals surface area contributed by atoms with Crippen molar-refractivity contribution in [3.05, 3.63) is 0 Å². The van der Waals surface area contributed by atoms with Crippen LogP contribution < -0.4 is 11.1 Å². The molecule has 0 radical (unpaired) electrons. The zero-order chi connectivity index (χ0) is 8.97. The van der Waals surface area contributed by atoms with Gasteiger partial charge in [-0.05, 0) is 32.9 Å². The Hall–Kier alpha value is -0.610. The molecule has 3 N–H and O–H groups in total. The third kappa shape index (κ3) is 2.79. The predicted octanol–water partition coefficient (Wildman–Crippen LogP) is -0.371. The molecule has 0 spiro atoms. The summed E-state index contributed by atoms with van der Waals surface area (Å²) in [4.78, 5) is 11.0. The average Bonchev–Trinajstić information content (AvgIpc) is 2.06. The molecule has 1 rings (SSSR count). The highest BCUT2D eigenvalue weighted by Gasteiger charge is 2.18. The summed E-state index contributed by atoms with van der Waals surface area (Å²) in [7, 11) is 0. The molecular formula is C8H16N2O2. The first kappa shape index (κ1) is 9.48. The molecule has 12 heavy (non-hydrogen) atoms. The molecule has 70 valence electrons.